The standard InChI is InChI=1S/C13H13F3N4/c14-13(15,16)12-6-8(4-5-18-12)20-7-9-10(17)2-1-3-11(9)19-20/h4-7,10H,1-3,17H2. The molecule has 0 radical (unpaired) electrons. The van der Waals surface area contributed by atoms with E-state index in [2.05, 4.69) is 10.1 Å². The molecule has 0 amide bonds. The fourth-order valence-electron chi connectivity index (χ4n) is 2.42. The van der Waals surface area contributed by atoms with E-state index in [9.17, 15) is 13.2 Å². The molecule has 7 heteroatoms. The average molecular weight is 282 g/mol. The SMILES string of the molecule is NC1CCCc2nn(-c3ccnc(C(F)(F)F)c3)cc21. The number of hydrogen-bond acceptors (Lipinski definition) is 3. The van der Waals surface area contributed by atoms with Crippen molar-refractivity contribution in [1.82, 2.24) is 14.8 Å². The first kappa shape index (κ1) is 13.1. The molecule has 2 N–H and O–H groups in total. The molecule has 20 heavy (non-hydrogen) atoms. The summed E-state index contributed by atoms with van der Waals surface area (Å²) in [5, 5.41) is 4.34. The van der Waals surface area contributed by atoms with Crippen LogP contribution in [0.4, 0.5) is 13.2 Å². The van der Waals surface area contributed by atoms with Crippen molar-refractivity contribution in [3.8, 4) is 5.69 Å². The van der Waals surface area contributed by atoms with E-state index in [0.717, 1.165) is 42.8 Å². The maximum Gasteiger partial charge on any atom is 0.433 e. The minimum absolute atomic E-state index is 0.0866. The van der Waals surface area contributed by atoms with E-state index in [1.54, 1.807) is 6.20 Å². The Kier molecular flexibility index (Phi) is 3.01. The van der Waals surface area contributed by atoms with Gasteiger partial charge in [-0.1, -0.05) is 0 Å². The van der Waals surface area contributed by atoms with Crippen LogP contribution in [0.25, 0.3) is 5.69 Å². The van der Waals surface area contributed by atoms with Gasteiger partial charge in [-0.25, -0.2) is 4.68 Å². The van der Waals surface area contributed by atoms with Crippen LogP contribution in [0.5, 0.6) is 0 Å². The maximum atomic E-state index is 12.7. The Hall–Kier alpha value is -1.89. The lowest BCUT2D eigenvalue weighted by molar-refractivity contribution is -0.141. The molecule has 1 atom stereocenters. The molecule has 0 bridgehead atoms. The molecule has 0 aromatic carbocycles. The van der Waals surface area contributed by atoms with E-state index < -0.39 is 11.9 Å². The van der Waals surface area contributed by atoms with Gasteiger partial charge in [-0.3, -0.25) is 4.98 Å². The molecule has 3 rings (SSSR count). The first-order chi connectivity index (χ1) is 9.45. The van der Waals surface area contributed by atoms with Gasteiger partial charge in [-0.05, 0) is 31.4 Å². The quantitative estimate of drug-likeness (QED) is 0.874. The van der Waals surface area contributed by atoms with Crippen LogP contribution >= 0.6 is 0 Å². The van der Waals surface area contributed by atoms with Crippen molar-refractivity contribution in [3.05, 3.63) is 41.5 Å². The molecule has 1 aliphatic rings. The zero-order valence-electron chi connectivity index (χ0n) is 10.6. The molecule has 1 aliphatic carbocycles. The number of nitrogens with two attached hydrogens (primary N) is 1. The Morgan fingerprint density at radius 2 is 2.15 bits per heavy atom. The number of halogens is 3. The number of hydrogen-bond donors (Lipinski definition) is 1. The van der Waals surface area contributed by atoms with Crippen LogP contribution in [0.3, 0.4) is 0 Å². The molecule has 0 saturated carbocycles. The van der Waals surface area contributed by atoms with Gasteiger partial charge in [-0.2, -0.15) is 18.3 Å². The van der Waals surface area contributed by atoms with Gasteiger partial charge in [-0.15, -0.1) is 0 Å². The summed E-state index contributed by atoms with van der Waals surface area (Å²) in [5.41, 5.74) is 7.20. The van der Waals surface area contributed by atoms with Crippen LogP contribution in [-0.2, 0) is 12.6 Å². The Morgan fingerprint density at radius 1 is 1.35 bits per heavy atom. The molecule has 106 valence electrons. The third-order valence-corrected chi connectivity index (χ3v) is 3.45. The molecule has 0 fully saturated rings. The summed E-state index contributed by atoms with van der Waals surface area (Å²) < 4.78 is 39.4. The summed E-state index contributed by atoms with van der Waals surface area (Å²) in [6.45, 7) is 0. The number of nitrogens with zero attached hydrogens (tertiary/aromatic N) is 3. The molecule has 2 aromatic rings. The van der Waals surface area contributed by atoms with E-state index in [-0.39, 0.29) is 6.04 Å². The van der Waals surface area contributed by atoms with Gasteiger partial charge in [0.05, 0.1) is 11.4 Å². The van der Waals surface area contributed by atoms with Crippen molar-refractivity contribution in [2.75, 3.05) is 0 Å². The van der Waals surface area contributed by atoms with Crippen molar-refractivity contribution in [2.45, 2.75) is 31.5 Å². The first-order valence-electron chi connectivity index (χ1n) is 6.33. The van der Waals surface area contributed by atoms with Crippen molar-refractivity contribution in [1.29, 1.82) is 0 Å². The van der Waals surface area contributed by atoms with Gasteiger partial charge >= 0.3 is 6.18 Å². The summed E-state index contributed by atoms with van der Waals surface area (Å²) in [4.78, 5) is 3.34. The molecule has 2 aromatic heterocycles. The predicted octanol–water partition coefficient (Wildman–Crippen LogP) is 2.62. The second-order valence-electron chi connectivity index (χ2n) is 4.87. The smallest absolute Gasteiger partial charge is 0.324 e. The zero-order chi connectivity index (χ0) is 14.3. The number of fused-ring (bicyclic) bond motifs is 1. The average Bonchev–Trinajstić information content (AvgIpc) is 2.83. The first-order valence-corrected chi connectivity index (χ1v) is 6.33. The topological polar surface area (TPSA) is 56.7 Å². The molecule has 0 saturated heterocycles. The highest BCUT2D eigenvalue weighted by molar-refractivity contribution is 5.35. The van der Waals surface area contributed by atoms with Crippen molar-refractivity contribution >= 4 is 0 Å². The van der Waals surface area contributed by atoms with Gasteiger partial charge in [0, 0.05) is 24.0 Å². The second-order valence-corrected chi connectivity index (χ2v) is 4.87. The normalized spacial score (nSPS) is 18.9. The summed E-state index contributed by atoms with van der Waals surface area (Å²) in [6, 6.07) is 2.40. The summed E-state index contributed by atoms with van der Waals surface area (Å²) in [6.07, 6.45) is 1.04. The van der Waals surface area contributed by atoms with Crippen LogP contribution in [0.15, 0.2) is 24.5 Å². The van der Waals surface area contributed by atoms with E-state index in [0.29, 0.717) is 5.69 Å². The van der Waals surface area contributed by atoms with Gasteiger partial charge in [0.1, 0.15) is 5.69 Å². The number of alkyl halides is 3. The number of pyridine rings is 1. The van der Waals surface area contributed by atoms with Crippen molar-refractivity contribution in [3.63, 3.8) is 0 Å². The highest BCUT2D eigenvalue weighted by atomic mass is 19.4. The summed E-state index contributed by atoms with van der Waals surface area (Å²) >= 11 is 0. The zero-order valence-corrected chi connectivity index (χ0v) is 10.6. The Labute approximate surface area is 113 Å². The summed E-state index contributed by atoms with van der Waals surface area (Å²) in [5.74, 6) is 0. The fourth-order valence-corrected chi connectivity index (χ4v) is 2.42. The number of aromatic nitrogens is 3. The highest BCUT2D eigenvalue weighted by Gasteiger charge is 2.32. The maximum absolute atomic E-state index is 12.7. The number of aryl methyl sites for hydroxylation is 1. The lowest BCUT2D eigenvalue weighted by Gasteiger charge is -2.15. The van der Waals surface area contributed by atoms with Gasteiger partial charge < -0.3 is 5.73 Å². The van der Waals surface area contributed by atoms with Crippen LogP contribution in [0, 0.1) is 0 Å². The molecule has 4 nitrogen and oxygen atoms in total. The largest absolute Gasteiger partial charge is 0.433 e. The Bertz CT molecular complexity index is 633. The van der Waals surface area contributed by atoms with Crippen LogP contribution < -0.4 is 5.73 Å². The highest BCUT2D eigenvalue weighted by Crippen LogP contribution is 2.30. The van der Waals surface area contributed by atoms with Crippen LogP contribution in [-0.4, -0.2) is 14.8 Å². The second kappa shape index (κ2) is 4.59. The van der Waals surface area contributed by atoms with Crippen LogP contribution in [0.1, 0.15) is 35.8 Å². The van der Waals surface area contributed by atoms with E-state index in [1.807, 2.05) is 0 Å². The minimum Gasteiger partial charge on any atom is -0.324 e. The van der Waals surface area contributed by atoms with Gasteiger partial charge in [0.2, 0.25) is 0 Å². The van der Waals surface area contributed by atoms with Crippen LogP contribution in [0.2, 0.25) is 0 Å². The number of rotatable bonds is 1. The fraction of sp³-hybridized carbons (Fsp3) is 0.385. The molecule has 2 heterocycles. The van der Waals surface area contributed by atoms with Gasteiger partial charge in [0.25, 0.3) is 0 Å². The Balaban J connectivity index is 2.02. The Morgan fingerprint density at radius 3 is 2.85 bits per heavy atom. The summed E-state index contributed by atoms with van der Waals surface area (Å²) in [7, 11) is 0. The molecule has 0 aliphatic heterocycles. The van der Waals surface area contributed by atoms with Gasteiger partial charge in [0.15, 0.2) is 0 Å². The predicted molar refractivity (Wildman–Crippen MR) is 66.2 cm³/mol. The lowest BCUT2D eigenvalue weighted by atomic mass is 9.94. The van der Waals surface area contributed by atoms with E-state index >= 15 is 0 Å². The van der Waals surface area contributed by atoms with Crippen molar-refractivity contribution < 1.29 is 13.2 Å². The van der Waals surface area contributed by atoms with E-state index in [4.69, 9.17) is 5.73 Å². The van der Waals surface area contributed by atoms with Crippen molar-refractivity contribution in [2.24, 2.45) is 5.73 Å². The van der Waals surface area contributed by atoms with E-state index in [1.165, 1.54) is 10.7 Å². The molecular weight excluding hydrogens is 269 g/mol. The third-order valence-electron chi connectivity index (χ3n) is 3.45. The molecule has 1 unspecified atom stereocenters. The minimum atomic E-state index is -4.46. The lowest BCUT2D eigenvalue weighted by Crippen LogP contribution is -2.15. The molecular formula is C13H13F3N4. The third kappa shape index (κ3) is 2.29. The monoisotopic (exact) mass is 282 g/mol. The molecule has 0 spiro atoms.